The fraction of sp³-hybridized carbons (Fsp3) is 0.462. The zero-order chi connectivity index (χ0) is 24.7. The first-order valence-electron chi connectivity index (χ1n) is 11.5. The Labute approximate surface area is 202 Å². The van der Waals surface area contributed by atoms with Crippen LogP contribution in [0.15, 0.2) is 72.3 Å². The highest BCUT2D eigenvalue weighted by Crippen LogP contribution is 2.12. The van der Waals surface area contributed by atoms with Crippen molar-refractivity contribution in [1.29, 1.82) is 0 Å². The van der Waals surface area contributed by atoms with Gasteiger partial charge in [-0.15, -0.1) is 0 Å². The normalized spacial score (nSPS) is 14.1. The smallest absolute Gasteiger partial charge is 0.369 e. The Morgan fingerprint density at radius 2 is 1.12 bits per heavy atom. The van der Waals surface area contributed by atoms with E-state index in [9.17, 15) is 9.59 Å². The molecule has 0 saturated carbocycles. The quantitative estimate of drug-likeness (QED) is 0.127. The molecule has 0 atom stereocenters. The van der Waals surface area contributed by atoms with Crippen LogP contribution in [0.5, 0.6) is 0 Å². The van der Waals surface area contributed by atoms with E-state index < -0.39 is 11.9 Å². The lowest BCUT2D eigenvalue weighted by molar-refractivity contribution is -0.269. The number of rotatable bonds is 16. The van der Waals surface area contributed by atoms with Gasteiger partial charge in [0.05, 0.1) is 39.0 Å². The summed E-state index contributed by atoms with van der Waals surface area (Å²) in [5.41, 5.74) is 1.25. The van der Waals surface area contributed by atoms with Gasteiger partial charge in [0.1, 0.15) is 0 Å². The fourth-order valence-electron chi connectivity index (χ4n) is 2.52. The number of unbranched alkanes of at least 4 members (excludes halogenated alkanes) is 2. The highest BCUT2D eigenvalue weighted by molar-refractivity contribution is 5.89. The minimum atomic E-state index is -0.403. The second-order valence-corrected chi connectivity index (χ2v) is 7.13. The molecule has 188 valence electrons. The van der Waals surface area contributed by atoms with Crippen LogP contribution < -0.4 is 0 Å². The van der Waals surface area contributed by atoms with Gasteiger partial charge in [0.25, 0.3) is 0 Å². The summed E-state index contributed by atoms with van der Waals surface area (Å²) in [5.74, 6) is -0.805. The molecule has 0 amide bonds. The fourth-order valence-corrected chi connectivity index (χ4v) is 2.52. The zero-order valence-corrected chi connectivity index (χ0v) is 20.1. The predicted molar refractivity (Wildman–Crippen MR) is 128 cm³/mol. The summed E-state index contributed by atoms with van der Waals surface area (Å²) in [6.45, 7) is 5.88. The number of hydrogen-bond donors (Lipinski definition) is 0. The van der Waals surface area contributed by atoms with Crippen LogP contribution in [0.2, 0.25) is 0 Å². The van der Waals surface area contributed by atoms with E-state index in [0.29, 0.717) is 50.4 Å². The largest absolute Gasteiger partial charge is 0.502 e. The summed E-state index contributed by atoms with van der Waals surface area (Å²) < 4.78 is 10.3. The topological polar surface area (TPSA) is 89.5 Å². The lowest BCUT2D eigenvalue weighted by atomic mass is 10.2. The van der Waals surface area contributed by atoms with E-state index in [2.05, 4.69) is 9.78 Å². The molecule has 0 bridgehead atoms. The summed E-state index contributed by atoms with van der Waals surface area (Å²) >= 11 is 0. The number of carbonyl (C=O) groups excluding carboxylic acids is 2. The highest BCUT2D eigenvalue weighted by Gasteiger charge is 2.13. The van der Waals surface area contributed by atoms with Crippen molar-refractivity contribution in [3.8, 4) is 0 Å². The minimum Gasteiger partial charge on any atom is -0.502 e. The van der Waals surface area contributed by atoms with Gasteiger partial charge >= 0.3 is 11.9 Å². The molecule has 0 aromatic carbocycles. The van der Waals surface area contributed by atoms with Crippen molar-refractivity contribution in [1.82, 2.24) is 0 Å². The lowest BCUT2D eigenvalue weighted by Gasteiger charge is -2.04. The Morgan fingerprint density at radius 3 is 1.47 bits per heavy atom. The number of ether oxygens (including phenoxy) is 2. The van der Waals surface area contributed by atoms with E-state index in [-0.39, 0.29) is 0 Å². The van der Waals surface area contributed by atoms with Gasteiger partial charge in [0.2, 0.25) is 0 Å². The zero-order valence-electron chi connectivity index (χ0n) is 20.1. The second-order valence-electron chi connectivity index (χ2n) is 7.13. The van der Waals surface area contributed by atoms with Gasteiger partial charge in [-0.2, -0.15) is 9.78 Å². The van der Waals surface area contributed by atoms with Crippen molar-refractivity contribution in [2.45, 2.75) is 52.4 Å². The molecule has 0 spiro atoms. The summed E-state index contributed by atoms with van der Waals surface area (Å²) in [5, 5.41) is 0. The van der Waals surface area contributed by atoms with E-state index in [1.54, 1.807) is 24.7 Å². The third kappa shape index (κ3) is 14.9. The maximum absolute atomic E-state index is 11.3. The van der Waals surface area contributed by atoms with Crippen LogP contribution in [0.25, 0.3) is 0 Å². The molecular weight excluding hydrogens is 440 g/mol. The molecule has 2 aliphatic rings. The average Bonchev–Trinajstić information content (AvgIpc) is 3.57. The second kappa shape index (κ2) is 20.5. The van der Waals surface area contributed by atoms with Crippen LogP contribution in [-0.2, 0) is 38.6 Å². The minimum absolute atomic E-state index is 0.394. The number of hydrogen-bond acceptors (Lipinski definition) is 8. The SMILES string of the molecule is CC=COCCCCOOC(=O)C1=CC=CC1.CC=COCCCCOOC(=O)C1=CC=CC1. The number of allylic oxidation sites excluding steroid dienone is 8. The van der Waals surface area contributed by atoms with Crippen molar-refractivity contribution in [3.05, 3.63) is 72.3 Å². The van der Waals surface area contributed by atoms with Crippen LogP contribution in [0.3, 0.4) is 0 Å². The maximum atomic E-state index is 11.3. The molecule has 34 heavy (non-hydrogen) atoms. The van der Waals surface area contributed by atoms with Crippen LogP contribution in [0.1, 0.15) is 52.4 Å². The summed E-state index contributed by atoms with van der Waals surface area (Å²) in [6, 6.07) is 0. The maximum Gasteiger partial charge on any atom is 0.369 e. The van der Waals surface area contributed by atoms with Crippen molar-refractivity contribution in [2.75, 3.05) is 26.4 Å². The van der Waals surface area contributed by atoms with Crippen LogP contribution in [0, 0.1) is 0 Å². The molecule has 8 nitrogen and oxygen atoms in total. The highest BCUT2D eigenvalue weighted by atomic mass is 17.2. The van der Waals surface area contributed by atoms with E-state index in [0.717, 1.165) is 25.7 Å². The van der Waals surface area contributed by atoms with Crippen molar-refractivity contribution in [3.63, 3.8) is 0 Å². The Kier molecular flexibility index (Phi) is 17.4. The standard InChI is InChI=1S/2C13H18O4/c2*1-2-9-15-10-5-6-11-16-17-13(14)12-7-3-4-8-12/h2*2-4,7,9H,5-6,8,10-11H2,1H3. The third-order valence-corrected chi connectivity index (χ3v) is 4.28. The molecule has 8 heteroatoms. The van der Waals surface area contributed by atoms with Gasteiger partial charge < -0.3 is 9.47 Å². The van der Waals surface area contributed by atoms with E-state index in [1.165, 1.54) is 0 Å². The third-order valence-electron chi connectivity index (χ3n) is 4.28. The molecule has 0 N–H and O–H groups in total. The van der Waals surface area contributed by atoms with E-state index in [1.807, 2.05) is 50.3 Å². The molecule has 0 saturated heterocycles. The lowest BCUT2D eigenvalue weighted by Crippen LogP contribution is -2.08. The molecule has 2 aliphatic carbocycles. The molecule has 0 aromatic heterocycles. The van der Waals surface area contributed by atoms with Crippen LogP contribution >= 0.6 is 0 Å². The Morgan fingerprint density at radius 1 is 0.706 bits per heavy atom. The van der Waals surface area contributed by atoms with Crippen LogP contribution in [-0.4, -0.2) is 38.4 Å². The first-order valence-corrected chi connectivity index (χ1v) is 11.5. The predicted octanol–water partition coefficient (Wildman–Crippen LogP) is 5.36. The molecule has 2 rings (SSSR count). The van der Waals surface area contributed by atoms with E-state index >= 15 is 0 Å². The molecule has 0 aliphatic heterocycles. The monoisotopic (exact) mass is 476 g/mol. The van der Waals surface area contributed by atoms with Gasteiger partial charge in [0, 0.05) is 11.1 Å². The van der Waals surface area contributed by atoms with Crippen molar-refractivity contribution >= 4 is 11.9 Å². The summed E-state index contributed by atoms with van der Waals surface area (Å²) in [6.07, 6.45) is 22.5. The van der Waals surface area contributed by atoms with E-state index in [4.69, 9.17) is 19.2 Å². The molecular formula is C26H36O8. The van der Waals surface area contributed by atoms with Gasteiger partial charge in [0.15, 0.2) is 0 Å². The summed E-state index contributed by atoms with van der Waals surface area (Å²) in [4.78, 5) is 41.6. The van der Waals surface area contributed by atoms with Crippen molar-refractivity contribution < 1.29 is 38.6 Å². The molecule has 0 heterocycles. The van der Waals surface area contributed by atoms with Crippen molar-refractivity contribution in [2.24, 2.45) is 0 Å². The van der Waals surface area contributed by atoms with Gasteiger partial charge in [-0.3, -0.25) is 9.78 Å². The molecule has 0 fully saturated rings. The number of carbonyl (C=O) groups is 2. The first kappa shape index (κ1) is 28.9. The van der Waals surface area contributed by atoms with Gasteiger partial charge in [-0.05, 0) is 52.4 Å². The van der Waals surface area contributed by atoms with Gasteiger partial charge in [-0.1, -0.05) is 48.6 Å². The average molecular weight is 477 g/mol. The van der Waals surface area contributed by atoms with Gasteiger partial charge in [-0.25, -0.2) is 9.59 Å². The Bertz CT molecular complexity index is 695. The first-order chi connectivity index (χ1) is 16.7. The molecule has 0 unspecified atom stereocenters. The molecule has 0 radical (unpaired) electrons. The van der Waals surface area contributed by atoms with Crippen LogP contribution in [0.4, 0.5) is 0 Å². The summed E-state index contributed by atoms with van der Waals surface area (Å²) in [7, 11) is 0. The Balaban J connectivity index is 0.000000340. The Hall–Kier alpha value is -3.10. The molecule has 0 aromatic rings.